The number of rotatable bonds is 2. The van der Waals surface area contributed by atoms with Crippen LogP contribution in [0.1, 0.15) is 24.3 Å². The molecule has 2 atom stereocenters. The summed E-state index contributed by atoms with van der Waals surface area (Å²) in [7, 11) is 0. The van der Waals surface area contributed by atoms with Crippen molar-refractivity contribution in [1.29, 1.82) is 0 Å². The van der Waals surface area contributed by atoms with Crippen molar-refractivity contribution < 1.29 is 12.9 Å². The van der Waals surface area contributed by atoms with Crippen LogP contribution < -0.4 is 0 Å². The molecule has 1 aromatic rings. The zero-order chi connectivity index (χ0) is 10.2. The van der Waals surface area contributed by atoms with Crippen LogP contribution in [0.3, 0.4) is 0 Å². The van der Waals surface area contributed by atoms with Crippen LogP contribution in [0.4, 0.5) is 12.9 Å². The third kappa shape index (κ3) is 1.65. The SMILES string of the molecule is F[B-](F)(F)C1CCC1c1ccccc1. The summed E-state index contributed by atoms with van der Waals surface area (Å²) in [5.41, 5.74) is 0.836. The van der Waals surface area contributed by atoms with Crippen LogP contribution >= 0.6 is 0 Å². The maximum absolute atomic E-state index is 12.5. The Morgan fingerprint density at radius 1 is 1.00 bits per heavy atom. The van der Waals surface area contributed by atoms with Gasteiger partial charge in [-0.2, -0.15) is 0 Å². The molecular weight excluding hydrogens is 188 g/mol. The molecule has 0 radical (unpaired) electrons. The molecule has 1 saturated carbocycles. The summed E-state index contributed by atoms with van der Waals surface area (Å²) in [6.45, 7) is -4.65. The van der Waals surface area contributed by atoms with E-state index in [2.05, 4.69) is 0 Å². The van der Waals surface area contributed by atoms with Gasteiger partial charge in [0.1, 0.15) is 0 Å². The van der Waals surface area contributed by atoms with Crippen molar-refractivity contribution in [2.24, 2.45) is 0 Å². The Bertz CT molecular complexity index is 307. The highest BCUT2D eigenvalue weighted by Gasteiger charge is 2.45. The second kappa shape index (κ2) is 3.33. The van der Waals surface area contributed by atoms with E-state index in [1.54, 1.807) is 24.3 Å². The minimum absolute atomic E-state index is 0.281. The molecule has 14 heavy (non-hydrogen) atoms. The molecule has 76 valence electrons. The molecular formula is C10H11BF3-. The molecule has 0 saturated heterocycles. The second-order valence-electron chi connectivity index (χ2n) is 3.88. The van der Waals surface area contributed by atoms with E-state index in [1.165, 1.54) is 0 Å². The Morgan fingerprint density at radius 2 is 1.64 bits per heavy atom. The highest BCUT2D eigenvalue weighted by atomic mass is 19.4. The molecule has 1 aromatic carbocycles. The van der Waals surface area contributed by atoms with Crippen LogP contribution in [0.15, 0.2) is 30.3 Å². The highest BCUT2D eigenvalue weighted by Crippen LogP contribution is 2.53. The molecule has 2 unspecified atom stereocenters. The second-order valence-corrected chi connectivity index (χ2v) is 3.88. The summed E-state index contributed by atoms with van der Waals surface area (Å²) in [6.07, 6.45) is 0.985. The van der Waals surface area contributed by atoms with Gasteiger partial charge in [-0.25, -0.2) is 0 Å². The van der Waals surface area contributed by atoms with Gasteiger partial charge in [0.2, 0.25) is 0 Å². The molecule has 1 fully saturated rings. The van der Waals surface area contributed by atoms with E-state index in [0.717, 1.165) is 5.56 Å². The molecule has 0 heterocycles. The third-order valence-corrected chi connectivity index (χ3v) is 3.04. The minimum atomic E-state index is -4.65. The monoisotopic (exact) mass is 199 g/mol. The molecule has 1 aliphatic rings. The van der Waals surface area contributed by atoms with Crippen LogP contribution in [0.5, 0.6) is 0 Å². The van der Waals surface area contributed by atoms with Crippen LogP contribution in [0.2, 0.25) is 5.82 Å². The van der Waals surface area contributed by atoms with Crippen molar-refractivity contribution >= 4 is 6.98 Å². The van der Waals surface area contributed by atoms with Crippen molar-refractivity contribution in [2.45, 2.75) is 24.6 Å². The third-order valence-electron chi connectivity index (χ3n) is 3.04. The first-order valence-electron chi connectivity index (χ1n) is 4.84. The summed E-state index contributed by atoms with van der Waals surface area (Å²) >= 11 is 0. The average molecular weight is 199 g/mol. The number of halogens is 3. The van der Waals surface area contributed by atoms with Gasteiger partial charge in [0.15, 0.2) is 0 Å². The zero-order valence-electron chi connectivity index (χ0n) is 7.67. The lowest BCUT2D eigenvalue weighted by Gasteiger charge is -2.43. The number of hydrogen-bond donors (Lipinski definition) is 0. The molecule has 0 nitrogen and oxygen atoms in total. The fourth-order valence-corrected chi connectivity index (χ4v) is 2.09. The van der Waals surface area contributed by atoms with Crippen molar-refractivity contribution in [3.8, 4) is 0 Å². The molecule has 0 spiro atoms. The van der Waals surface area contributed by atoms with Gasteiger partial charge in [-0.3, -0.25) is 0 Å². The van der Waals surface area contributed by atoms with E-state index >= 15 is 0 Å². The summed E-state index contributed by atoms with van der Waals surface area (Å²) < 4.78 is 37.5. The van der Waals surface area contributed by atoms with Crippen molar-refractivity contribution in [2.75, 3.05) is 0 Å². The maximum Gasteiger partial charge on any atom is 0.481 e. The van der Waals surface area contributed by atoms with Gasteiger partial charge in [0.05, 0.1) is 0 Å². The van der Waals surface area contributed by atoms with Gasteiger partial charge in [-0.1, -0.05) is 49.0 Å². The Morgan fingerprint density at radius 3 is 2.07 bits per heavy atom. The van der Waals surface area contributed by atoms with E-state index in [1.807, 2.05) is 6.07 Å². The highest BCUT2D eigenvalue weighted by molar-refractivity contribution is 6.60. The van der Waals surface area contributed by atoms with Gasteiger partial charge in [-0.15, -0.1) is 0 Å². The summed E-state index contributed by atoms with van der Waals surface area (Å²) in [6, 6.07) is 9.01. The molecule has 1 aliphatic carbocycles. The van der Waals surface area contributed by atoms with Gasteiger partial charge >= 0.3 is 6.98 Å². The van der Waals surface area contributed by atoms with Gasteiger partial charge in [0.25, 0.3) is 0 Å². The summed E-state index contributed by atoms with van der Waals surface area (Å²) in [5, 5.41) is 0. The maximum atomic E-state index is 12.5. The fraction of sp³-hybridized carbons (Fsp3) is 0.400. The molecule has 0 bridgehead atoms. The zero-order valence-corrected chi connectivity index (χ0v) is 7.67. The molecule has 0 aliphatic heterocycles. The van der Waals surface area contributed by atoms with Gasteiger partial charge < -0.3 is 12.9 Å². The Hall–Kier alpha value is -0.925. The molecule has 0 aromatic heterocycles. The smallest absolute Gasteiger partial charge is 0.449 e. The fourth-order valence-electron chi connectivity index (χ4n) is 2.09. The molecule has 0 N–H and O–H groups in total. The first-order valence-corrected chi connectivity index (χ1v) is 4.84. The van der Waals surface area contributed by atoms with Crippen LogP contribution in [-0.4, -0.2) is 6.98 Å². The first-order chi connectivity index (χ1) is 6.59. The summed E-state index contributed by atoms with van der Waals surface area (Å²) in [5.74, 6) is -1.34. The Labute approximate surface area is 81.2 Å². The predicted octanol–water partition coefficient (Wildman–Crippen LogP) is 3.78. The molecule has 4 heteroatoms. The molecule has 2 rings (SSSR count). The van der Waals surface area contributed by atoms with E-state index in [-0.39, 0.29) is 5.92 Å². The minimum Gasteiger partial charge on any atom is -0.449 e. The van der Waals surface area contributed by atoms with Gasteiger partial charge in [0, 0.05) is 0 Å². The topological polar surface area (TPSA) is 0 Å². The quantitative estimate of drug-likeness (QED) is 0.635. The average Bonchev–Trinajstić information content (AvgIpc) is 2.00. The van der Waals surface area contributed by atoms with E-state index in [9.17, 15) is 12.9 Å². The normalized spacial score (nSPS) is 27.1. The van der Waals surface area contributed by atoms with Crippen molar-refractivity contribution in [3.05, 3.63) is 35.9 Å². The first kappa shape index (κ1) is 9.62. The Balaban J connectivity index is 2.15. The number of hydrogen-bond acceptors (Lipinski definition) is 0. The number of benzene rings is 1. The van der Waals surface area contributed by atoms with Crippen molar-refractivity contribution in [3.63, 3.8) is 0 Å². The van der Waals surface area contributed by atoms with Crippen LogP contribution in [0, 0.1) is 0 Å². The van der Waals surface area contributed by atoms with E-state index in [4.69, 9.17) is 0 Å². The largest absolute Gasteiger partial charge is 0.481 e. The molecule has 0 amide bonds. The van der Waals surface area contributed by atoms with E-state index in [0.29, 0.717) is 12.8 Å². The van der Waals surface area contributed by atoms with Gasteiger partial charge in [-0.05, 0) is 11.5 Å². The van der Waals surface area contributed by atoms with Crippen LogP contribution in [-0.2, 0) is 0 Å². The lowest BCUT2D eigenvalue weighted by atomic mass is 9.53. The Kier molecular flexibility index (Phi) is 2.29. The standard InChI is InChI=1S/C10H11BF3/c12-11(13,14)10-7-6-9(10)8-4-2-1-3-5-8/h1-5,9-10H,6-7H2/q-1. The van der Waals surface area contributed by atoms with E-state index < -0.39 is 12.8 Å². The predicted molar refractivity (Wildman–Crippen MR) is 51.2 cm³/mol. The van der Waals surface area contributed by atoms with Crippen LogP contribution in [0.25, 0.3) is 0 Å². The lowest BCUT2D eigenvalue weighted by Crippen LogP contribution is -2.35. The van der Waals surface area contributed by atoms with Crippen molar-refractivity contribution in [1.82, 2.24) is 0 Å². The summed E-state index contributed by atoms with van der Waals surface area (Å²) in [4.78, 5) is 0. The lowest BCUT2D eigenvalue weighted by molar-refractivity contribution is 0.314.